The number of hydrogen-bond donors (Lipinski definition) is 1. The van der Waals surface area contributed by atoms with Crippen LogP contribution in [-0.2, 0) is 14.4 Å². The second-order valence-electron chi connectivity index (χ2n) is 3.42. The van der Waals surface area contributed by atoms with Crippen LogP contribution >= 0.6 is 0 Å². The maximum Gasteiger partial charge on any atom is 0.275 e. The molecule has 0 fully saturated rings. The molecule has 0 saturated heterocycles. The van der Waals surface area contributed by atoms with Gasteiger partial charge < -0.3 is 0 Å². The number of imide groups is 1. The molecule has 15 heavy (non-hydrogen) atoms. The summed E-state index contributed by atoms with van der Waals surface area (Å²) in [5.41, 5.74) is 3.13. The highest BCUT2D eigenvalue weighted by Gasteiger charge is 2.34. The van der Waals surface area contributed by atoms with Crippen molar-refractivity contribution in [1.82, 2.24) is 10.4 Å². The second kappa shape index (κ2) is 3.68. The number of nitrogens with zero attached hydrogens (tertiary/aromatic N) is 1. The molecule has 0 aliphatic carbocycles. The third-order valence-electron chi connectivity index (χ3n) is 2.21. The number of carbonyl (C=O) groups is 3. The zero-order chi connectivity index (χ0) is 11.7. The lowest BCUT2D eigenvalue weighted by molar-refractivity contribution is -0.146. The molecule has 0 aromatic carbocycles. The quantitative estimate of drug-likeness (QED) is 0.524. The van der Waals surface area contributed by atoms with Gasteiger partial charge in [-0.05, 0) is 20.8 Å². The monoisotopic (exact) mass is 208 g/mol. The molecule has 0 atom stereocenters. The average molecular weight is 208 g/mol. The van der Waals surface area contributed by atoms with Crippen LogP contribution in [-0.4, -0.2) is 22.7 Å². The predicted octanol–water partition coefficient (Wildman–Crippen LogP) is 0.299. The van der Waals surface area contributed by atoms with Gasteiger partial charge in [-0.3, -0.25) is 19.8 Å². The topological polar surface area (TPSA) is 66.5 Å². The summed E-state index contributed by atoms with van der Waals surface area (Å²) in [5.74, 6) is -1.53. The molecule has 80 valence electrons. The minimum Gasteiger partial charge on any atom is -0.268 e. The highest BCUT2D eigenvalue weighted by Crippen LogP contribution is 2.17. The molecule has 0 aromatic rings. The first-order chi connectivity index (χ1) is 6.86. The van der Waals surface area contributed by atoms with Gasteiger partial charge in [-0.1, -0.05) is 6.58 Å². The lowest BCUT2D eigenvalue weighted by Gasteiger charge is -2.15. The Morgan fingerprint density at radius 1 is 1.20 bits per heavy atom. The van der Waals surface area contributed by atoms with E-state index in [1.54, 1.807) is 13.8 Å². The smallest absolute Gasteiger partial charge is 0.268 e. The molecule has 1 heterocycles. The summed E-state index contributed by atoms with van der Waals surface area (Å²) in [6.45, 7) is 7.99. The van der Waals surface area contributed by atoms with Gasteiger partial charge in [0, 0.05) is 16.7 Å². The zero-order valence-electron chi connectivity index (χ0n) is 8.88. The predicted molar refractivity (Wildman–Crippen MR) is 53.2 cm³/mol. The number of rotatable bonds is 2. The van der Waals surface area contributed by atoms with E-state index in [1.165, 1.54) is 6.92 Å². The van der Waals surface area contributed by atoms with Crippen molar-refractivity contribution < 1.29 is 14.4 Å². The van der Waals surface area contributed by atoms with E-state index in [9.17, 15) is 14.4 Å². The molecule has 0 aromatic heterocycles. The van der Waals surface area contributed by atoms with Gasteiger partial charge >= 0.3 is 0 Å². The average Bonchev–Trinajstić information content (AvgIpc) is 2.35. The molecule has 1 aliphatic heterocycles. The minimum absolute atomic E-state index is 0.234. The number of amides is 3. The van der Waals surface area contributed by atoms with Crippen molar-refractivity contribution in [2.75, 3.05) is 0 Å². The summed E-state index contributed by atoms with van der Waals surface area (Å²) in [6, 6.07) is 0. The first kappa shape index (κ1) is 11.2. The molecule has 0 saturated carbocycles. The van der Waals surface area contributed by atoms with Gasteiger partial charge in [0.1, 0.15) is 0 Å². The Labute approximate surface area is 87.4 Å². The maximum atomic E-state index is 11.5. The van der Waals surface area contributed by atoms with Crippen LogP contribution in [0, 0.1) is 0 Å². The highest BCUT2D eigenvalue weighted by molar-refractivity contribution is 6.19. The van der Waals surface area contributed by atoms with Gasteiger partial charge in [-0.15, -0.1) is 0 Å². The number of hydrazine groups is 1. The molecule has 0 bridgehead atoms. The Bertz CT molecular complexity index is 383. The molecular weight excluding hydrogens is 196 g/mol. The van der Waals surface area contributed by atoms with Crippen molar-refractivity contribution in [1.29, 1.82) is 0 Å². The van der Waals surface area contributed by atoms with Crippen LogP contribution in [0.3, 0.4) is 0 Å². The summed E-state index contributed by atoms with van der Waals surface area (Å²) in [7, 11) is 0. The number of carbonyl (C=O) groups excluding carboxylic acids is 3. The Kier molecular flexibility index (Phi) is 2.74. The summed E-state index contributed by atoms with van der Waals surface area (Å²) >= 11 is 0. The first-order valence-electron chi connectivity index (χ1n) is 4.39. The Morgan fingerprint density at radius 2 is 1.60 bits per heavy atom. The fourth-order valence-electron chi connectivity index (χ4n) is 1.05. The number of nitrogens with one attached hydrogen (secondary N) is 1. The van der Waals surface area contributed by atoms with E-state index in [0.29, 0.717) is 16.2 Å². The van der Waals surface area contributed by atoms with Gasteiger partial charge in [0.15, 0.2) is 0 Å². The fourth-order valence-corrected chi connectivity index (χ4v) is 1.05. The Hall–Kier alpha value is -1.91. The lowest BCUT2D eigenvalue weighted by Crippen LogP contribution is -2.47. The van der Waals surface area contributed by atoms with Crippen LogP contribution in [0.2, 0.25) is 0 Å². The van der Waals surface area contributed by atoms with E-state index < -0.39 is 17.7 Å². The molecular formula is C10H12N2O3. The molecule has 5 heteroatoms. The normalized spacial score (nSPS) is 16.1. The highest BCUT2D eigenvalue weighted by atomic mass is 16.2. The van der Waals surface area contributed by atoms with Crippen molar-refractivity contribution in [3.8, 4) is 0 Å². The van der Waals surface area contributed by atoms with Crippen molar-refractivity contribution in [2.45, 2.75) is 20.8 Å². The van der Waals surface area contributed by atoms with Gasteiger partial charge in [0.05, 0.1) is 0 Å². The summed E-state index contributed by atoms with van der Waals surface area (Å²) < 4.78 is 0. The zero-order valence-corrected chi connectivity index (χ0v) is 8.88. The van der Waals surface area contributed by atoms with E-state index in [0.717, 1.165) is 0 Å². The van der Waals surface area contributed by atoms with Gasteiger partial charge in [0.2, 0.25) is 0 Å². The molecule has 3 amide bonds. The van der Waals surface area contributed by atoms with E-state index >= 15 is 0 Å². The second-order valence-corrected chi connectivity index (χ2v) is 3.42. The molecule has 0 radical (unpaired) electrons. The minimum atomic E-state index is -0.542. The van der Waals surface area contributed by atoms with Crippen LogP contribution in [0.25, 0.3) is 0 Å². The van der Waals surface area contributed by atoms with Crippen LogP contribution in [0.5, 0.6) is 0 Å². The van der Waals surface area contributed by atoms with Crippen LogP contribution in [0.15, 0.2) is 23.3 Å². The Morgan fingerprint density at radius 3 is 1.93 bits per heavy atom. The van der Waals surface area contributed by atoms with Crippen molar-refractivity contribution in [2.24, 2.45) is 0 Å². The SMILES string of the molecule is C=C(C)C(=O)NN1C(=O)C(C)=C(C)C1=O. The molecule has 0 unspecified atom stereocenters. The van der Waals surface area contributed by atoms with E-state index in [4.69, 9.17) is 0 Å². The Balaban J connectivity index is 2.85. The van der Waals surface area contributed by atoms with Gasteiger partial charge in [-0.2, -0.15) is 5.01 Å². The summed E-state index contributed by atoms with van der Waals surface area (Å²) in [5, 5.41) is 0.710. The molecule has 1 rings (SSSR count). The lowest BCUT2D eigenvalue weighted by atomic mass is 10.2. The van der Waals surface area contributed by atoms with Crippen LogP contribution in [0.1, 0.15) is 20.8 Å². The fraction of sp³-hybridized carbons (Fsp3) is 0.300. The third kappa shape index (κ3) is 1.81. The van der Waals surface area contributed by atoms with E-state index in [1.807, 2.05) is 0 Å². The number of hydrogen-bond acceptors (Lipinski definition) is 3. The molecule has 1 aliphatic rings. The van der Waals surface area contributed by atoms with Gasteiger partial charge in [-0.25, -0.2) is 0 Å². The summed E-state index contributed by atoms with van der Waals surface area (Å²) in [6.07, 6.45) is 0. The van der Waals surface area contributed by atoms with Crippen LogP contribution in [0.4, 0.5) is 0 Å². The standard InChI is InChI=1S/C10H12N2O3/c1-5(2)8(13)11-12-9(14)6(3)7(4)10(12)15/h1H2,2-4H3,(H,11,13). The molecule has 1 N–H and O–H groups in total. The third-order valence-corrected chi connectivity index (χ3v) is 2.21. The summed E-state index contributed by atoms with van der Waals surface area (Å²) in [4.78, 5) is 34.2. The van der Waals surface area contributed by atoms with Crippen LogP contribution < -0.4 is 5.43 Å². The first-order valence-corrected chi connectivity index (χ1v) is 4.39. The van der Waals surface area contributed by atoms with E-state index in [-0.39, 0.29) is 5.57 Å². The molecule has 0 spiro atoms. The maximum absolute atomic E-state index is 11.5. The van der Waals surface area contributed by atoms with Gasteiger partial charge in [0.25, 0.3) is 17.7 Å². The van der Waals surface area contributed by atoms with E-state index in [2.05, 4.69) is 12.0 Å². The largest absolute Gasteiger partial charge is 0.275 e. The molecule has 5 nitrogen and oxygen atoms in total. The van der Waals surface area contributed by atoms with Crippen molar-refractivity contribution >= 4 is 17.7 Å². The van der Waals surface area contributed by atoms with Crippen molar-refractivity contribution in [3.63, 3.8) is 0 Å². The van der Waals surface area contributed by atoms with Crippen molar-refractivity contribution in [3.05, 3.63) is 23.3 Å².